The second kappa shape index (κ2) is 5.49. The van der Waals surface area contributed by atoms with Crippen LogP contribution in [0.1, 0.15) is 13.8 Å². The third kappa shape index (κ3) is 2.69. The number of hydrogen-bond donors (Lipinski definition) is 1. The second-order valence-corrected chi connectivity index (χ2v) is 6.74. The fourth-order valence-corrected chi connectivity index (χ4v) is 2.94. The molecular weight excluding hydrogens is 304 g/mol. The number of nitrogens with zero attached hydrogens (tertiary/aromatic N) is 3. The van der Waals surface area contributed by atoms with Crippen molar-refractivity contribution in [1.29, 1.82) is 0 Å². The summed E-state index contributed by atoms with van der Waals surface area (Å²) in [4.78, 5) is 9.02. The molecule has 4 rings (SSSR count). The van der Waals surface area contributed by atoms with Crippen LogP contribution in [0, 0.1) is 0 Å². The Morgan fingerprint density at radius 1 is 1.21 bits per heavy atom. The predicted octanol–water partition coefficient (Wildman–Crippen LogP) is 2.61. The maximum atomic E-state index is 6.28. The van der Waals surface area contributed by atoms with E-state index in [0.717, 1.165) is 33.9 Å². The number of imidazole rings is 1. The van der Waals surface area contributed by atoms with E-state index in [1.165, 1.54) is 0 Å². The number of fused-ring (bicyclic) bond motifs is 2. The number of aromatic nitrogens is 3. The lowest BCUT2D eigenvalue weighted by atomic mass is 10.1. The number of rotatable bonds is 3. The molecule has 0 saturated carbocycles. The van der Waals surface area contributed by atoms with Gasteiger partial charge in [0.15, 0.2) is 11.5 Å². The summed E-state index contributed by atoms with van der Waals surface area (Å²) < 4.78 is 13.5. The fourth-order valence-electron chi connectivity index (χ4n) is 2.94. The van der Waals surface area contributed by atoms with Crippen LogP contribution in [-0.2, 0) is 6.54 Å². The van der Waals surface area contributed by atoms with E-state index in [9.17, 15) is 0 Å². The highest BCUT2D eigenvalue weighted by Gasteiger charge is 2.22. The standard InChI is InChI=1S/C18H20N4O2/c1-18(2,19)11-22-14-9-16-15(23-6-7-24-16)8-13(14)21-17(22)12-4-3-5-20-10-12/h3-5,8-10H,6-7,11,19H2,1-2H3. The molecule has 0 radical (unpaired) electrons. The van der Waals surface area contributed by atoms with Crippen LogP contribution < -0.4 is 15.2 Å². The molecule has 124 valence electrons. The first-order chi connectivity index (χ1) is 11.5. The molecule has 0 amide bonds. The molecule has 2 aromatic heterocycles. The van der Waals surface area contributed by atoms with Crippen molar-refractivity contribution >= 4 is 11.0 Å². The maximum Gasteiger partial charge on any atom is 0.163 e. The first-order valence-corrected chi connectivity index (χ1v) is 8.00. The molecule has 6 nitrogen and oxygen atoms in total. The summed E-state index contributed by atoms with van der Waals surface area (Å²) in [5, 5.41) is 0. The molecule has 0 atom stereocenters. The van der Waals surface area contributed by atoms with Crippen molar-refractivity contribution in [2.24, 2.45) is 5.73 Å². The van der Waals surface area contributed by atoms with Gasteiger partial charge in [0.2, 0.25) is 0 Å². The lowest BCUT2D eigenvalue weighted by Crippen LogP contribution is -2.37. The van der Waals surface area contributed by atoms with E-state index in [-0.39, 0.29) is 5.54 Å². The summed E-state index contributed by atoms with van der Waals surface area (Å²) in [6.45, 7) is 5.76. The van der Waals surface area contributed by atoms with Crippen molar-refractivity contribution in [2.75, 3.05) is 13.2 Å². The van der Waals surface area contributed by atoms with Gasteiger partial charge in [-0.25, -0.2) is 4.98 Å². The average Bonchev–Trinajstić information content (AvgIpc) is 2.89. The average molecular weight is 324 g/mol. The largest absolute Gasteiger partial charge is 0.486 e. The van der Waals surface area contributed by atoms with E-state index >= 15 is 0 Å². The molecule has 24 heavy (non-hydrogen) atoms. The lowest BCUT2D eigenvalue weighted by Gasteiger charge is -2.22. The highest BCUT2D eigenvalue weighted by atomic mass is 16.6. The minimum atomic E-state index is -0.377. The molecule has 0 saturated heterocycles. The summed E-state index contributed by atoms with van der Waals surface area (Å²) in [7, 11) is 0. The first kappa shape index (κ1) is 15.0. The van der Waals surface area contributed by atoms with Gasteiger partial charge >= 0.3 is 0 Å². The van der Waals surface area contributed by atoms with Gasteiger partial charge < -0.3 is 19.8 Å². The Hall–Kier alpha value is -2.60. The van der Waals surface area contributed by atoms with Crippen LogP contribution in [0.15, 0.2) is 36.7 Å². The Morgan fingerprint density at radius 3 is 2.62 bits per heavy atom. The molecule has 0 bridgehead atoms. The molecule has 3 aromatic rings. The molecule has 0 spiro atoms. The van der Waals surface area contributed by atoms with Crippen molar-refractivity contribution < 1.29 is 9.47 Å². The van der Waals surface area contributed by atoms with E-state index < -0.39 is 0 Å². The lowest BCUT2D eigenvalue weighted by molar-refractivity contribution is 0.172. The van der Waals surface area contributed by atoms with E-state index in [1.54, 1.807) is 6.20 Å². The van der Waals surface area contributed by atoms with Crippen LogP contribution in [0.5, 0.6) is 11.5 Å². The SMILES string of the molecule is CC(C)(N)Cn1c(-c2cccnc2)nc2cc3c(cc21)OCCO3. The van der Waals surface area contributed by atoms with Gasteiger partial charge in [0.1, 0.15) is 19.0 Å². The molecule has 0 aliphatic carbocycles. The summed E-state index contributed by atoms with van der Waals surface area (Å²) in [5.41, 5.74) is 8.71. The van der Waals surface area contributed by atoms with Gasteiger partial charge in [-0.2, -0.15) is 0 Å². The number of nitrogens with two attached hydrogens (primary N) is 1. The van der Waals surface area contributed by atoms with Gasteiger partial charge in [0.25, 0.3) is 0 Å². The van der Waals surface area contributed by atoms with Crippen LogP contribution in [0.4, 0.5) is 0 Å². The van der Waals surface area contributed by atoms with Gasteiger partial charge in [-0.1, -0.05) is 0 Å². The van der Waals surface area contributed by atoms with Crippen molar-refractivity contribution in [2.45, 2.75) is 25.9 Å². The highest BCUT2D eigenvalue weighted by Crippen LogP contribution is 2.36. The Kier molecular flexibility index (Phi) is 3.42. The highest BCUT2D eigenvalue weighted by molar-refractivity contribution is 5.84. The predicted molar refractivity (Wildman–Crippen MR) is 92.2 cm³/mol. The number of ether oxygens (including phenoxy) is 2. The molecule has 1 aliphatic heterocycles. The van der Waals surface area contributed by atoms with Crippen LogP contribution in [0.3, 0.4) is 0 Å². The Balaban J connectivity index is 1.95. The minimum absolute atomic E-state index is 0.377. The van der Waals surface area contributed by atoms with Crippen molar-refractivity contribution in [1.82, 2.24) is 14.5 Å². The topological polar surface area (TPSA) is 75.2 Å². The van der Waals surface area contributed by atoms with E-state index in [2.05, 4.69) is 9.55 Å². The summed E-state index contributed by atoms with van der Waals surface area (Å²) in [6.07, 6.45) is 3.57. The molecule has 2 N–H and O–H groups in total. The fraction of sp³-hybridized carbons (Fsp3) is 0.333. The third-order valence-electron chi connectivity index (χ3n) is 3.90. The zero-order chi connectivity index (χ0) is 16.7. The molecule has 3 heterocycles. The number of hydrogen-bond acceptors (Lipinski definition) is 5. The first-order valence-electron chi connectivity index (χ1n) is 8.00. The minimum Gasteiger partial charge on any atom is -0.486 e. The molecule has 1 aliphatic rings. The van der Waals surface area contributed by atoms with Gasteiger partial charge in [-0.05, 0) is 26.0 Å². The van der Waals surface area contributed by atoms with Crippen LogP contribution in [0.2, 0.25) is 0 Å². The number of benzene rings is 1. The maximum absolute atomic E-state index is 6.28. The summed E-state index contributed by atoms with van der Waals surface area (Å²) in [5.74, 6) is 2.34. The molecular formula is C18H20N4O2. The quantitative estimate of drug-likeness (QED) is 0.801. The van der Waals surface area contributed by atoms with Gasteiger partial charge in [-0.15, -0.1) is 0 Å². The number of pyridine rings is 1. The molecule has 0 fully saturated rings. The van der Waals surface area contributed by atoms with Crippen LogP contribution in [-0.4, -0.2) is 33.3 Å². The zero-order valence-electron chi connectivity index (χ0n) is 13.8. The van der Waals surface area contributed by atoms with Gasteiger partial charge in [0.05, 0.1) is 11.0 Å². The van der Waals surface area contributed by atoms with E-state index in [4.69, 9.17) is 20.2 Å². The second-order valence-electron chi connectivity index (χ2n) is 6.74. The van der Waals surface area contributed by atoms with Gasteiger partial charge in [0, 0.05) is 42.2 Å². The summed E-state index contributed by atoms with van der Waals surface area (Å²) in [6, 6.07) is 7.83. The Morgan fingerprint density at radius 2 is 1.96 bits per heavy atom. The van der Waals surface area contributed by atoms with Crippen molar-refractivity contribution in [3.05, 3.63) is 36.7 Å². The van der Waals surface area contributed by atoms with Crippen molar-refractivity contribution in [3.63, 3.8) is 0 Å². The van der Waals surface area contributed by atoms with Crippen molar-refractivity contribution in [3.8, 4) is 22.9 Å². The Labute approximate surface area is 140 Å². The summed E-state index contributed by atoms with van der Waals surface area (Å²) >= 11 is 0. The smallest absolute Gasteiger partial charge is 0.163 e. The van der Waals surface area contributed by atoms with Gasteiger partial charge in [-0.3, -0.25) is 4.98 Å². The third-order valence-corrected chi connectivity index (χ3v) is 3.90. The molecule has 6 heteroatoms. The molecule has 0 unspecified atom stereocenters. The van der Waals surface area contributed by atoms with Crippen LogP contribution in [0.25, 0.3) is 22.4 Å². The molecule has 1 aromatic carbocycles. The monoisotopic (exact) mass is 324 g/mol. The zero-order valence-corrected chi connectivity index (χ0v) is 13.8. The van der Waals surface area contributed by atoms with E-state index in [1.807, 2.05) is 44.3 Å². The normalized spacial score (nSPS) is 14.1. The van der Waals surface area contributed by atoms with Crippen LogP contribution >= 0.6 is 0 Å². The Bertz CT molecular complexity index is 881. The van der Waals surface area contributed by atoms with E-state index in [0.29, 0.717) is 19.8 Å².